The van der Waals surface area contributed by atoms with Crippen molar-refractivity contribution in [2.45, 2.75) is 13.8 Å². The maximum Gasteiger partial charge on any atom is 0.341 e. The van der Waals surface area contributed by atoms with E-state index in [4.69, 9.17) is 9.84 Å². The van der Waals surface area contributed by atoms with Crippen LogP contribution in [0.5, 0.6) is 5.75 Å². The molecule has 0 saturated carbocycles. The van der Waals surface area contributed by atoms with Crippen molar-refractivity contribution in [2.24, 2.45) is 0 Å². The molecule has 1 saturated heterocycles. The fourth-order valence-electron chi connectivity index (χ4n) is 2.61. The number of amides is 2. The summed E-state index contributed by atoms with van der Waals surface area (Å²) in [5.41, 5.74) is 3.20. The van der Waals surface area contributed by atoms with Gasteiger partial charge in [0.1, 0.15) is 5.75 Å². The third kappa shape index (κ3) is 4.03. The van der Waals surface area contributed by atoms with Crippen LogP contribution in [0.25, 0.3) is 6.08 Å². The van der Waals surface area contributed by atoms with Crippen molar-refractivity contribution in [3.63, 3.8) is 0 Å². The summed E-state index contributed by atoms with van der Waals surface area (Å²) in [6.45, 7) is 3.39. The number of anilines is 1. The van der Waals surface area contributed by atoms with Gasteiger partial charge in [-0.25, -0.2) is 9.69 Å². The zero-order valence-electron chi connectivity index (χ0n) is 14.8. The lowest BCUT2D eigenvalue weighted by atomic mass is 10.1. The molecule has 1 heterocycles. The van der Waals surface area contributed by atoms with Gasteiger partial charge in [0.2, 0.25) is 0 Å². The first-order chi connectivity index (χ1) is 12.9. The van der Waals surface area contributed by atoms with Gasteiger partial charge < -0.3 is 9.84 Å². The van der Waals surface area contributed by atoms with Crippen molar-refractivity contribution >= 4 is 40.6 Å². The van der Waals surface area contributed by atoms with Gasteiger partial charge in [-0.3, -0.25) is 9.59 Å². The smallest absolute Gasteiger partial charge is 0.341 e. The number of aryl methyl sites for hydroxylation is 1. The zero-order valence-corrected chi connectivity index (χ0v) is 15.6. The Hall–Kier alpha value is -3.06. The van der Waals surface area contributed by atoms with E-state index in [0.717, 1.165) is 22.9 Å². The fraction of sp³-hybridized carbons (Fsp3) is 0.150. The number of ether oxygens (including phenoxy) is 1. The van der Waals surface area contributed by atoms with Crippen molar-refractivity contribution in [1.82, 2.24) is 0 Å². The van der Waals surface area contributed by atoms with E-state index in [-0.39, 0.29) is 11.1 Å². The van der Waals surface area contributed by atoms with Crippen molar-refractivity contribution in [1.29, 1.82) is 0 Å². The number of carboxylic acids is 1. The molecule has 0 spiro atoms. The zero-order chi connectivity index (χ0) is 19.6. The summed E-state index contributed by atoms with van der Waals surface area (Å²) >= 11 is 0.894. The van der Waals surface area contributed by atoms with E-state index in [0.29, 0.717) is 21.9 Å². The molecule has 3 rings (SSSR count). The molecule has 0 bridgehead atoms. The molecule has 138 valence electrons. The molecule has 1 aliphatic rings. The van der Waals surface area contributed by atoms with E-state index >= 15 is 0 Å². The third-order valence-electron chi connectivity index (χ3n) is 4.15. The van der Waals surface area contributed by atoms with Gasteiger partial charge in [-0.1, -0.05) is 24.3 Å². The molecular weight excluding hydrogens is 366 g/mol. The summed E-state index contributed by atoms with van der Waals surface area (Å²) in [5.74, 6) is -0.998. The van der Waals surface area contributed by atoms with Gasteiger partial charge in [0.25, 0.3) is 11.1 Å². The van der Waals surface area contributed by atoms with E-state index < -0.39 is 12.6 Å². The van der Waals surface area contributed by atoms with Crippen LogP contribution >= 0.6 is 11.8 Å². The minimum absolute atomic E-state index is 0.332. The van der Waals surface area contributed by atoms with Gasteiger partial charge in [-0.15, -0.1) is 0 Å². The highest BCUT2D eigenvalue weighted by molar-refractivity contribution is 8.19. The van der Waals surface area contributed by atoms with Gasteiger partial charge in [0.05, 0.1) is 10.6 Å². The lowest BCUT2D eigenvalue weighted by Gasteiger charge is -2.16. The second-order valence-corrected chi connectivity index (χ2v) is 6.98. The van der Waals surface area contributed by atoms with E-state index in [1.807, 2.05) is 26.0 Å². The number of benzene rings is 2. The quantitative estimate of drug-likeness (QED) is 0.786. The first kappa shape index (κ1) is 18.7. The summed E-state index contributed by atoms with van der Waals surface area (Å²) in [6, 6.07) is 12.1. The van der Waals surface area contributed by atoms with Crippen LogP contribution in [-0.4, -0.2) is 28.8 Å². The topological polar surface area (TPSA) is 83.9 Å². The van der Waals surface area contributed by atoms with Crippen LogP contribution in [0.15, 0.2) is 47.4 Å². The number of nitrogens with zero attached hydrogens (tertiary/aromatic N) is 1. The van der Waals surface area contributed by atoms with E-state index in [9.17, 15) is 14.4 Å². The van der Waals surface area contributed by atoms with Crippen molar-refractivity contribution < 1.29 is 24.2 Å². The summed E-state index contributed by atoms with van der Waals surface area (Å²) in [5, 5.41) is 8.29. The monoisotopic (exact) mass is 383 g/mol. The number of thioether (sulfide) groups is 1. The van der Waals surface area contributed by atoms with Crippen LogP contribution in [0.1, 0.15) is 16.7 Å². The van der Waals surface area contributed by atoms with E-state index in [1.165, 1.54) is 4.90 Å². The van der Waals surface area contributed by atoms with Gasteiger partial charge >= 0.3 is 5.97 Å². The summed E-state index contributed by atoms with van der Waals surface area (Å²) < 4.78 is 5.08. The average molecular weight is 383 g/mol. The number of carbonyl (C=O) groups is 3. The number of hydrogen-bond donors (Lipinski definition) is 1. The molecule has 27 heavy (non-hydrogen) atoms. The SMILES string of the molecule is Cc1cccc(N2C(=O)S/C(=C/c3ccc(OCC(=O)O)cc3)C2=O)c1C. The van der Waals surface area contributed by atoms with E-state index in [2.05, 4.69) is 0 Å². The Morgan fingerprint density at radius 1 is 1.15 bits per heavy atom. The lowest BCUT2D eigenvalue weighted by molar-refractivity contribution is -0.139. The summed E-state index contributed by atoms with van der Waals surface area (Å²) in [6.07, 6.45) is 1.64. The van der Waals surface area contributed by atoms with Gasteiger partial charge in [-0.05, 0) is 66.6 Å². The Balaban J connectivity index is 1.82. The van der Waals surface area contributed by atoms with Crippen LogP contribution in [0, 0.1) is 13.8 Å². The van der Waals surface area contributed by atoms with Crippen LogP contribution < -0.4 is 9.64 Å². The van der Waals surface area contributed by atoms with Crippen LogP contribution in [0.4, 0.5) is 10.5 Å². The fourth-order valence-corrected chi connectivity index (χ4v) is 3.44. The molecule has 6 nitrogen and oxygen atoms in total. The predicted molar refractivity (Wildman–Crippen MR) is 104 cm³/mol. The Labute approximate surface area is 160 Å². The first-order valence-electron chi connectivity index (χ1n) is 8.15. The molecule has 0 atom stereocenters. The van der Waals surface area contributed by atoms with Crippen LogP contribution in [-0.2, 0) is 9.59 Å². The third-order valence-corrected chi connectivity index (χ3v) is 5.02. The van der Waals surface area contributed by atoms with Crippen molar-refractivity contribution in [2.75, 3.05) is 11.5 Å². The van der Waals surface area contributed by atoms with E-state index in [1.54, 1.807) is 36.4 Å². The maximum atomic E-state index is 12.8. The normalized spacial score (nSPS) is 15.5. The molecule has 0 radical (unpaired) electrons. The Kier molecular flexibility index (Phi) is 5.32. The number of imide groups is 1. The molecule has 1 N–H and O–H groups in total. The standard InChI is InChI=1S/C20H17NO5S/c1-12-4-3-5-16(13(12)2)21-19(24)17(27-20(21)25)10-14-6-8-15(9-7-14)26-11-18(22)23/h3-10H,11H2,1-2H3,(H,22,23)/b17-10+. The first-order valence-corrected chi connectivity index (χ1v) is 8.97. The molecule has 7 heteroatoms. The van der Waals surface area contributed by atoms with Gasteiger partial charge in [-0.2, -0.15) is 0 Å². The summed E-state index contributed by atoms with van der Waals surface area (Å²) in [4.78, 5) is 37.2. The van der Waals surface area contributed by atoms with Gasteiger partial charge in [0, 0.05) is 0 Å². The molecule has 1 aliphatic heterocycles. The number of hydrogen-bond acceptors (Lipinski definition) is 5. The molecular formula is C20H17NO5S. The second kappa shape index (κ2) is 7.67. The Bertz CT molecular complexity index is 949. The molecule has 0 aromatic heterocycles. The largest absolute Gasteiger partial charge is 0.482 e. The number of carbonyl (C=O) groups excluding carboxylic acids is 2. The average Bonchev–Trinajstić information content (AvgIpc) is 2.90. The minimum Gasteiger partial charge on any atom is -0.482 e. The predicted octanol–water partition coefficient (Wildman–Crippen LogP) is 4.01. The number of rotatable bonds is 5. The van der Waals surface area contributed by atoms with Crippen molar-refractivity contribution in [3.05, 3.63) is 64.1 Å². The minimum atomic E-state index is -1.06. The van der Waals surface area contributed by atoms with Gasteiger partial charge in [0.15, 0.2) is 6.61 Å². The molecule has 0 unspecified atom stereocenters. The summed E-state index contributed by atoms with van der Waals surface area (Å²) in [7, 11) is 0. The highest BCUT2D eigenvalue weighted by Gasteiger charge is 2.37. The molecule has 2 aromatic rings. The highest BCUT2D eigenvalue weighted by atomic mass is 32.2. The molecule has 0 aliphatic carbocycles. The molecule has 2 aromatic carbocycles. The van der Waals surface area contributed by atoms with Crippen LogP contribution in [0.3, 0.4) is 0 Å². The highest BCUT2D eigenvalue weighted by Crippen LogP contribution is 2.37. The van der Waals surface area contributed by atoms with Crippen LogP contribution in [0.2, 0.25) is 0 Å². The second-order valence-electron chi connectivity index (χ2n) is 5.99. The maximum absolute atomic E-state index is 12.8. The van der Waals surface area contributed by atoms with Crippen molar-refractivity contribution in [3.8, 4) is 5.75 Å². The number of carboxylic acid groups (broad SMARTS) is 1. The Morgan fingerprint density at radius 3 is 2.52 bits per heavy atom. The number of aliphatic carboxylic acids is 1. The Morgan fingerprint density at radius 2 is 1.85 bits per heavy atom. The molecule has 1 fully saturated rings. The molecule has 2 amide bonds. The lowest BCUT2D eigenvalue weighted by Crippen LogP contribution is -2.28.